The molecule has 132 valence electrons. The molecular formula is C22H21NO3. The maximum atomic E-state index is 12.7. The van der Waals surface area contributed by atoms with Gasteiger partial charge in [-0.15, -0.1) is 0 Å². The van der Waals surface area contributed by atoms with E-state index in [4.69, 9.17) is 9.47 Å². The number of ketones is 1. The van der Waals surface area contributed by atoms with Gasteiger partial charge in [0.15, 0.2) is 0 Å². The molecule has 0 aromatic heterocycles. The van der Waals surface area contributed by atoms with Crippen LogP contribution in [-0.4, -0.2) is 18.5 Å². The van der Waals surface area contributed by atoms with Crippen LogP contribution < -0.4 is 9.47 Å². The number of aryl methyl sites for hydroxylation is 1. The van der Waals surface area contributed by atoms with E-state index < -0.39 is 0 Å². The molecule has 1 atom stereocenters. The second kappa shape index (κ2) is 7.45. The van der Waals surface area contributed by atoms with Gasteiger partial charge >= 0.3 is 0 Å². The molecule has 2 aromatic rings. The van der Waals surface area contributed by atoms with Gasteiger partial charge in [0.05, 0.1) is 6.61 Å². The van der Waals surface area contributed by atoms with E-state index in [2.05, 4.69) is 0 Å². The van der Waals surface area contributed by atoms with Crippen molar-refractivity contribution in [1.29, 1.82) is 5.26 Å². The summed E-state index contributed by atoms with van der Waals surface area (Å²) in [5, 5.41) is 9.53. The van der Waals surface area contributed by atoms with Crippen LogP contribution in [0, 0.1) is 18.3 Å². The molecule has 0 radical (unpaired) electrons. The predicted octanol–water partition coefficient (Wildman–Crippen LogP) is 4.51. The van der Waals surface area contributed by atoms with Crippen molar-refractivity contribution in [3.8, 4) is 17.6 Å². The normalized spacial score (nSPS) is 15.8. The molecule has 4 heteroatoms. The van der Waals surface area contributed by atoms with Gasteiger partial charge in [-0.3, -0.25) is 4.79 Å². The fraction of sp³-hybridized carbons (Fsp3) is 0.273. The maximum Gasteiger partial charge on any atom is 0.203 e. The Kier molecular flexibility index (Phi) is 5.09. The quantitative estimate of drug-likeness (QED) is 0.454. The summed E-state index contributed by atoms with van der Waals surface area (Å²) < 4.78 is 11.5. The van der Waals surface area contributed by atoms with Crippen LogP contribution in [0.25, 0.3) is 6.08 Å². The van der Waals surface area contributed by atoms with E-state index in [0.717, 1.165) is 23.3 Å². The Balaban J connectivity index is 2.02. The largest absolute Gasteiger partial charge is 0.493 e. The number of fused-ring (bicyclic) bond motifs is 1. The third-order valence-corrected chi connectivity index (χ3v) is 4.27. The zero-order valence-corrected chi connectivity index (χ0v) is 15.2. The summed E-state index contributed by atoms with van der Waals surface area (Å²) >= 11 is 0. The van der Waals surface area contributed by atoms with Crippen molar-refractivity contribution < 1.29 is 14.3 Å². The van der Waals surface area contributed by atoms with E-state index in [9.17, 15) is 10.1 Å². The van der Waals surface area contributed by atoms with Gasteiger partial charge < -0.3 is 9.47 Å². The van der Waals surface area contributed by atoms with Gasteiger partial charge in [-0.2, -0.15) is 5.26 Å². The van der Waals surface area contributed by atoms with Crippen LogP contribution in [-0.2, 0) is 6.42 Å². The second-order valence-electron chi connectivity index (χ2n) is 6.43. The Hall–Kier alpha value is -3.06. The minimum Gasteiger partial charge on any atom is -0.493 e. The molecule has 0 fully saturated rings. The van der Waals surface area contributed by atoms with Crippen LogP contribution in [0.5, 0.6) is 11.5 Å². The lowest BCUT2D eigenvalue weighted by atomic mass is 9.99. The molecule has 3 rings (SSSR count). The Morgan fingerprint density at radius 2 is 2.19 bits per heavy atom. The molecule has 0 saturated carbocycles. The Labute approximate surface area is 153 Å². The average Bonchev–Trinajstić information content (AvgIpc) is 2.98. The highest BCUT2D eigenvalue weighted by Gasteiger charge is 2.22. The number of allylic oxidation sites excluding steroid dienone is 1. The molecule has 26 heavy (non-hydrogen) atoms. The number of ether oxygens (including phenoxy) is 2. The number of benzene rings is 2. The fourth-order valence-electron chi connectivity index (χ4n) is 3.09. The van der Waals surface area contributed by atoms with Crippen molar-refractivity contribution >= 4 is 11.9 Å². The van der Waals surface area contributed by atoms with Gasteiger partial charge in [0, 0.05) is 23.1 Å². The number of hydrogen-bond acceptors (Lipinski definition) is 4. The minimum absolute atomic E-state index is 0.0718. The van der Waals surface area contributed by atoms with Gasteiger partial charge in [0.2, 0.25) is 5.78 Å². The van der Waals surface area contributed by atoms with Crippen LogP contribution in [0.2, 0.25) is 0 Å². The molecule has 1 heterocycles. The van der Waals surface area contributed by atoms with E-state index in [-0.39, 0.29) is 17.5 Å². The predicted molar refractivity (Wildman–Crippen MR) is 101 cm³/mol. The van der Waals surface area contributed by atoms with E-state index in [1.807, 2.05) is 51.1 Å². The molecule has 0 bridgehead atoms. The number of rotatable bonds is 5. The standard InChI is InChI=1S/C22H21NO3/c1-4-25-20-11-17-9-15(3)26-21(17)12-18(20)10-19(13-23)22(24)16-7-5-6-14(2)8-16/h5-8,10-12,15H,4,9H2,1-3H3/b19-10+/t15-/m1/s1. The van der Waals surface area contributed by atoms with Crippen LogP contribution in [0.4, 0.5) is 0 Å². The number of hydrogen-bond donors (Lipinski definition) is 0. The molecule has 0 N–H and O–H groups in total. The highest BCUT2D eigenvalue weighted by atomic mass is 16.5. The summed E-state index contributed by atoms with van der Waals surface area (Å²) in [5.74, 6) is 1.15. The summed E-state index contributed by atoms with van der Waals surface area (Å²) in [4.78, 5) is 12.7. The zero-order chi connectivity index (χ0) is 18.7. The monoisotopic (exact) mass is 347 g/mol. The third kappa shape index (κ3) is 3.62. The van der Waals surface area contributed by atoms with E-state index in [1.54, 1.807) is 18.2 Å². The maximum absolute atomic E-state index is 12.7. The van der Waals surface area contributed by atoms with E-state index in [1.165, 1.54) is 0 Å². The molecule has 0 aliphatic carbocycles. The Morgan fingerprint density at radius 3 is 2.88 bits per heavy atom. The first kappa shape index (κ1) is 17.8. The van der Waals surface area contributed by atoms with E-state index in [0.29, 0.717) is 23.5 Å². The van der Waals surface area contributed by atoms with Crippen molar-refractivity contribution in [2.45, 2.75) is 33.3 Å². The van der Waals surface area contributed by atoms with Crippen LogP contribution >= 0.6 is 0 Å². The lowest BCUT2D eigenvalue weighted by Gasteiger charge is -2.10. The minimum atomic E-state index is -0.298. The van der Waals surface area contributed by atoms with Crippen LogP contribution in [0.15, 0.2) is 42.0 Å². The van der Waals surface area contributed by atoms with Crippen molar-refractivity contribution in [3.63, 3.8) is 0 Å². The SMILES string of the molecule is CCOc1cc2c(cc1/C=C(\C#N)C(=O)c1cccc(C)c1)O[C@H](C)C2. The number of carbonyl (C=O) groups excluding carboxylic acids is 1. The van der Waals surface area contributed by atoms with Gasteiger partial charge in [-0.25, -0.2) is 0 Å². The molecule has 4 nitrogen and oxygen atoms in total. The fourth-order valence-corrected chi connectivity index (χ4v) is 3.09. The van der Waals surface area contributed by atoms with Crippen molar-refractivity contribution in [2.24, 2.45) is 0 Å². The van der Waals surface area contributed by atoms with Gasteiger partial charge in [-0.05, 0) is 45.0 Å². The smallest absolute Gasteiger partial charge is 0.203 e. The lowest BCUT2D eigenvalue weighted by Crippen LogP contribution is -2.05. The number of carbonyl (C=O) groups is 1. The van der Waals surface area contributed by atoms with Crippen molar-refractivity contribution in [2.75, 3.05) is 6.61 Å². The summed E-state index contributed by atoms with van der Waals surface area (Å²) in [7, 11) is 0. The molecule has 0 amide bonds. The zero-order valence-electron chi connectivity index (χ0n) is 15.2. The first-order chi connectivity index (χ1) is 12.5. The molecule has 0 spiro atoms. The molecule has 1 aliphatic heterocycles. The summed E-state index contributed by atoms with van der Waals surface area (Å²) in [6, 6.07) is 13.1. The molecule has 1 aliphatic rings. The lowest BCUT2D eigenvalue weighted by molar-refractivity contribution is 0.104. The topological polar surface area (TPSA) is 59.3 Å². The third-order valence-electron chi connectivity index (χ3n) is 4.27. The molecule has 0 unspecified atom stereocenters. The van der Waals surface area contributed by atoms with Gasteiger partial charge in [-0.1, -0.05) is 23.8 Å². The number of nitrogens with zero attached hydrogens (tertiary/aromatic N) is 1. The molecule has 0 saturated heterocycles. The van der Waals surface area contributed by atoms with Gasteiger partial charge in [0.1, 0.15) is 29.2 Å². The summed E-state index contributed by atoms with van der Waals surface area (Å²) in [6.07, 6.45) is 2.53. The van der Waals surface area contributed by atoms with Crippen molar-refractivity contribution in [3.05, 3.63) is 64.2 Å². The summed E-state index contributed by atoms with van der Waals surface area (Å²) in [6.45, 7) is 6.34. The van der Waals surface area contributed by atoms with Gasteiger partial charge in [0.25, 0.3) is 0 Å². The van der Waals surface area contributed by atoms with Crippen LogP contribution in [0.3, 0.4) is 0 Å². The average molecular weight is 347 g/mol. The summed E-state index contributed by atoms with van der Waals surface area (Å²) in [5.41, 5.74) is 3.31. The van der Waals surface area contributed by atoms with E-state index >= 15 is 0 Å². The second-order valence-corrected chi connectivity index (χ2v) is 6.43. The first-order valence-electron chi connectivity index (χ1n) is 8.71. The Morgan fingerprint density at radius 1 is 1.38 bits per heavy atom. The molecule has 2 aromatic carbocycles. The number of Topliss-reactive ketones (excluding diaryl/α,β-unsaturated/α-hetero) is 1. The Bertz CT molecular complexity index is 921. The highest BCUT2D eigenvalue weighted by Crippen LogP contribution is 2.36. The van der Waals surface area contributed by atoms with Crippen molar-refractivity contribution in [1.82, 2.24) is 0 Å². The number of nitriles is 1. The first-order valence-corrected chi connectivity index (χ1v) is 8.71. The van der Waals surface area contributed by atoms with Crippen LogP contribution in [0.1, 0.15) is 40.9 Å². The molecular weight excluding hydrogens is 326 g/mol. The highest BCUT2D eigenvalue weighted by molar-refractivity contribution is 6.14.